The molecule has 3 rings (SSSR count). The lowest BCUT2D eigenvalue weighted by atomic mass is 9.61. The highest BCUT2D eigenvalue weighted by atomic mass is 79.9. The Morgan fingerprint density at radius 2 is 1.65 bits per heavy atom. The molecule has 20 heavy (non-hydrogen) atoms. The van der Waals surface area contributed by atoms with Crippen molar-refractivity contribution in [2.45, 2.75) is 69.7 Å². The Kier molecular flexibility index (Phi) is 4.12. The number of rotatable bonds is 2. The van der Waals surface area contributed by atoms with Gasteiger partial charge in [-0.15, -0.1) is 0 Å². The van der Waals surface area contributed by atoms with E-state index in [4.69, 9.17) is 4.74 Å². The first kappa shape index (κ1) is 14.4. The maximum atomic E-state index is 6.50. The van der Waals surface area contributed by atoms with Crippen molar-refractivity contribution in [2.75, 3.05) is 0 Å². The number of ether oxygens (including phenoxy) is 1. The molecule has 1 aromatic carbocycles. The first-order valence-electron chi connectivity index (χ1n) is 8.00. The third-order valence-electron chi connectivity index (χ3n) is 5.39. The van der Waals surface area contributed by atoms with Crippen molar-refractivity contribution in [3.05, 3.63) is 29.3 Å². The predicted molar refractivity (Wildman–Crippen MR) is 87.8 cm³/mol. The maximum Gasteiger partial charge on any atom is 0.125 e. The Hall–Kier alpha value is -0.500. The average molecular weight is 337 g/mol. The van der Waals surface area contributed by atoms with E-state index in [1.54, 1.807) is 0 Å². The minimum atomic E-state index is 0.394. The van der Waals surface area contributed by atoms with Gasteiger partial charge in [-0.2, -0.15) is 0 Å². The fourth-order valence-electron chi connectivity index (χ4n) is 4.01. The molecular formula is C18H25BrO. The van der Waals surface area contributed by atoms with Crippen LogP contribution in [0.15, 0.2) is 18.2 Å². The third kappa shape index (κ3) is 2.41. The molecule has 0 N–H and O–H groups in total. The summed E-state index contributed by atoms with van der Waals surface area (Å²) in [6.45, 7) is 4.32. The molecule has 2 aliphatic carbocycles. The predicted octanol–water partition coefficient (Wildman–Crippen LogP) is 5.56. The normalized spacial score (nSPS) is 28.8. The van der Waals surface area contributed by atoms with E-state index in [9.17, 15) is 0 Å². The lowest BCUT2D eigenvalue weighted by Gasteiger charge is -2.53. The Labute approximate surface area is 131 Å². The topological polar surface area (TPSA) is 9.23 Å². The average Bonchev–Trinajstić information content (AvgIpc) is 2.69. The molecule has 1 aromatic rings. The second-order valence-electron chi connectivity index (χ2n) is 6.68. The van der Waals surface area contributed by atoms with Crippen molar-refractivity contribution in [2.24, 2.45) is 5.41 Å². The molecule has 0 saturated heterocycles. The first-order valence-corrected chi connectivity index (χ1v) is 8.92. The summed E-state index contributed by atoms with van der Waals surface area (Å²) >= 11 is 3.92. The number of para-hydroxylation sites is 1. The van der Waals surface area contributed by atoms with Crippen LogP contribution in [0.3, 0.4) is 0 Å². The van der Waals surface area contributed by atoms with Gasteiger partial charge in [0.15, 0.2) is 0 Å². The molecule has 2 fully saturated rings. The molecule has 2 unspecified atom stereocenters. The van der Waals surface area contributed by atoms with Gasteiger partial charge in [0.2, 0.25) is 0 Å². The van der Waals surface area contributed by atoms with E-state index in [-0.39, 0.29) is 0 Å². The molecule has 2 heteroatoms. The minimum Gasteiger partial charge on any atom is -0.489 e. The first-order chi connectivity index (χ1) is 9.63. The van der Waals surface area contributed by atoms with Crippen LogP contribution in [-0.4, -0.2) is 10.9 Å². The number of alkyl halides is 1. The largest absolute Gasteiger partial charge is 0.489 e. The van der Waals surface area contributed by atoms with E-state index in [0.29, 0.717) is 16.3 Å². The van der Waals surface area contributed by atoms with Crippen LogP contribution >= 0.6 is 15.9 Å². The van der Waals surface area contributed by atoms with E-state index in [0.717, 1.165) is 12.2 Å². The second-order valence-corrected chi connectivity index (χ2v) is 7.78. The zero-order valence-corrected chi connectivity index (χ0v) is 14.2. The van der Waals surface area contributed by atoms with Crippen LogP contribution in [0, 0.1) is 19.3 Å². The van der Waals surface area contributed by atoms with Crippen LogP contribution in [0.1, 0.15) is 56.1 Å². The minimum absolute atomic E-state index is 0.394. The zero-order valence-electron chi connectivity index (χ0n) is 12.6. The van der Waals surface area contributed by atoms with Crippen molar-refractivity contribution in [1.29, 1.82) is 0 Å². The van der Waals surface area contributed by atoms with E-state index in [2.05, 4.69) is 48.0 Å². The Morgan fingerprint density at radius 1 is 1.05 bits per heavy atom. The summed E-state index contributed by atoms with van der Waals surface area (Å²) in [7, 11) is 0. The van der Waals surface area contributed by atoms with Gasteiger partial charge in [0.1, 0.15) is 11.9 Å². The van der Waals surface area contributed by atoms with Crippen LogP contribution in [0.4, 0.5) is 0 Å². The summed E-state index contributed by atoms with van der Waals surface area (Å²) in [6.07, 6.45) is 9.77. The van der Waals surface area contributed by atoms with Gasteiger partial charge in [0, 0.05) is 10.2 Å². The van der Waals surface area contributed by atoms with Crippen molar-refractivity contribution < 1.29 is 4.74 Å². The van der Waals surface area contributed by atoms with Crippen LogP contribution < -0.4 is 4.74 Å². The summed E-state index contributed by atoms with van der Waals surface area (Å²) in [5.41, 5.74) is 2.93. The molecule has 0 aromatic heterocycles. The number of aryl methyl sites for hydroxylation is 2. The molecule has 1 nitrogen and oxygen atoms in total. The summed E-state index contributed by atoms with van der Waals surface area (Å²) < 4.78 is 6.50. The molecule has 0 heterocycles. The van der Waals surface area contributed by atoms with E-state index >= 15 is 0 Å². The molecule has 2 aliphatic rings. The van der Waals surface area contributed by atoms with Crippen molar-refractivity contribution in [1.82, 2.24) is 0 Å². The molecule has 1 spiro atoms. The second kappa shape index (κ2) is 5.71. The van der Waals surface area contributed by atoms with Gasteiger partial charge in [-0.05, 0) is 44.2 Å². The Morgan fingerprint density at radius 3 is 2.20 bits per heavy atom. The van der Waals surface area contributed by atoms with Crippen molar-refractivity contribution >= 4 is 15.9 Å². The number of benzene rings is 1. The third-order valence-corrected chi connectivity index (χ3v) is 6.68. The summed E-state index contributed by atoms with van der Waals surface area (Å²) in [5.74, 6) is 1.13. The molecule has 0 amide bonds. The molecule has 0 aliphatic heterocycles. The molecule has 110 valence electrons. The quantitative estimate of drug-likeness (QED) is 0.642. The van der Waals surface area contributed by atoms with Crippen LogP contribution in [0.25, 0.3) is 0 Å². The monoisotopic (exact) mass is 336 g/mol. The van der Waals surface area contributed by atoms with Crippen molar-refractivity contribution in [3.63, 3.8) is 0 Å². The van der Waals surface area contributed by atoms with Gasteiger partial charge >= 0.3 is 0 Å². The molecular weight excluding hydrogens is 312 g/mol. The number of halogens is 1. The maximum absolute atomic E-state index is 6.50. The van der Waals surface area contributed by atoms with Gasteiger partial charge in [-0.3, -0.25) is 0 Å². The van der Waals surface area contributed by atoms with Gasteiger partial charge < -0.3 is 4.74 Å². The van der Waals surface area contributed by atoms with Gasteiger partial charge in [0.05, 0.1) is 0 Å². The number of hydrogen-bond donors (Lipinski definition) is 0. The molecule has 2 saturated carbocycles. The smallest absolute Gasteiger partial charge is 0.125 e. The molecule has 2 atom stereocenters. The van der Waals surface area contributed by atoms with E-state index in [1.165, 1.54) is 49.7 Å². The lowest BCUT2D eigenvalue weighted by molar-refractivity contribution is -0.0468. The van der Waals surface area contributed by atoms with Gasteiger partial charge in [-0.25, -0.2) is 0 Å². The highest BCUT2D eigenvalue weighted by Gasteiger charge is 2.55. The lowest BCUT2D eigenvalue weighted by Crippen LogP contribution is -2.56. The summed E-state index contributed by atoms with van der Waals surface area (Å²) in [6, 6.07) is 6.44. The number of hydrogen-bond acceptors (Lipinski definition) is 1. The summed E-state index contributed by atoms with van der Waals surface area (Å²) in [4.78, 5) is 0.655. The van der Waals surface area contributed by atoms with Crippen LogP contribution in [0.2, 0.25) is 0 Å². The van der Waals surface area contributed by atoms with Crippen LogP contribution in [0.5, 0.6) is 5.75 Å². The summed E-state index contributed by atoms with van der Waals surface area (Å²) in [5, 5.41) is 0. The van der Waals surface area contributed by atoms with E-state index in [1.807, 2.05) is 0 Å². The highest BCUT2D eigenvalue weighted by molar-refractivity contribution is 9.09. The van der Waals surface area contributed by atoms with Crippen molar-refractivity contribution in [3.8, 4) is 5.75 Å². The Balaban J connectivity index is 1.80. The zero-order chi connectivity index (χ0) is 14.2. The highest BCUT2D eigenvalue weighted by Crippen LogP contribution is 2.56. The fraction of sp³-hybridized carbons (Fsp3) is 0.667. The fourth-order valence-corrected chi connectivity index (χ4v) is 5.11. The van der Waals surface area contributed by atoms with Crippen LogP contribution in [-0.2, 0) is 0 Å². The SMILES string of the molecule is Cc1cccc(C)c1OC1CC(Br)C12CCCCCC2. The molecule has 0 radical (unpaired) electrons. The van der Waals surface area contributed by atoms with Gasteiger partial charge in [-0.1, -0.05) is 59.8 Å². The van der Waals surface area contributed by atoms with E-state index < -0.39 is 0 Å². The van der Waals surface area contributed by atoms with Gasteiger partial charge in [0.25, 0.3) is 0 Å². The standard InChI is InChI=1S/C18H25BrO/c1-13-8-7-9-14(2)17(13)20-16-12-15(19)18(16)10-5-3-4-6-11-18/h7-9,15-16H,3-6,10-12H2,1-2H3. The molecule has 0 bridgehead atoms. The Bertz CT molecular complexity index is 454.